The smallest absolute Gasteiger partial charge is 0.324 e. The van der Waals surface area contributed by atoms with E-state index in [1.165, 1.54) is 0 Å². The van der Waals surface area contributed by atoms with Crippen molar-refractivity contribution in [3.63, 3.8) is 0 Å². The Morgan fingerprint density at radius 3 is 2.27 bits per heavy atom. The van der Waals surface area contributed by atoms with E-state index >= 15 is 0 Å². The molecular formula is C10H20O4S. The van der Waals surface area contributed by atoms with Crippen LogP contribution in [0, 0.1) is 0 Å². The number of esters is 1. The molecule has 1 unspecified atom stereocenters. The van der Waals surface area contributed by atoms with Crippen LogP contribution in [0.2, 0.25) is 0 Å². The van der Waals surface area contributed by atoms with E-state index in [1.54, 1.807) is 13.8 Å². The molecule has 0 aliphatic heterocycles. The van der Waals surface area contributed by atoms with Gasteiger partial charge >= 0.3 is 5.97 Å². The van der Waals surface area contributed by atoms with Gasteiger partial charge in [-0.2, -0.15) is 0 Å². The van der Waals surface area contributed by atoms with Crippen molar-refractivity contribution in [3.8, 4) is 0 Å². The van der Waals surface area contributed by atoms with E-state index in [-0.39, 0.29) is 18.8 Å². The molecule has 0 saturated carbocycles. The van der Waals surface area contributed by atoms with Gasteiger partial charge in [0.25, 0.3) is 0 Å². The van der Waals surface area contributed by atoms with E-state index < -0.39 is 21.1 Å². The molecule has 15 heavy (non-hydrogen) atoms. The Morgan fingerprint density at radius 1 is 1.27 bits per heavy atom. The minimum atomic E-state index is -3.33. The van der Waals surface area contributed by atoms with Crippen LogP contribution in [-0.4, -0.2) is 32.0 Å². The Hall–Kier alpha value is -0.580. The van der Waals surface area contributed by atoms with Crippen LogP contribution in [-0.2, 0) is 19.4 Å². The minimum absolute atomic E-state index is 0.0703. The molecule has 0 aromatic rings. The maximum atomic E-state index is 11.7. The van der Waals surface area contributed by atoms with Crippen LogP contribution in [0.5, 0.6) is 0 Å². The number of carbonyl (C=O) groups excluding carboxylic acids is 1. The molecule has 0 spiro atoms. The molecule has 0 aromatic heterocycles. The number of rotatable bonds is 7. The summed E-state index contributed by atoms with van der Waals surface area (Å²) in [6.07, 6.45) is 1.68. The average Bonchev–Trinajstić information content (AvgIpc) is 2.16. The predicted molar refractivity (Wildman–Crippen MR) is 59.4 cm³/mol. The van der Waals surface area contributed by atoms with Crippen molar-refractivity contribution < 1.29 is 17.9 Å². The van der Waals surface area contributed by atoms with Gasteiger partial charge in [-0.15, -0.1) is 0 Å². The molecule has 0 aliphatic rings. The van der Waals surface area contributed by atoms with E-state index in [0.717, 1.165) is 6.42 Å². The van der Waals surface area contributed by atoms with E-state index in [2.05, 4.69) is 0 Å². The van der Waals surface area contributed by atoms with Gasteiger partial charge in [-0.25, -0.2) is 8.42 Å². The number of unbranched alkanes of at least 4 members (excludes halogenated alkanes) is 1. The van der Waals surface area contributed by atoms with Gasteiger partial charge in [-0.05, 0) is 19.8 Å². The molecule has 0 amide bonds. The third-order valence-corrected chi connectivity index (χ3v) is 4.39. The van der Waals surface area contributed by atoms with Crippen LogP contribution in [0.25, 0.3) is 0 Å². The lowest BCUT2D eigenvalue weighted by atomic mass is 10.3. The summed E-state index contributed by atoms with van der Waals surface area (Å²) in [5.74, 6) is -0.544. The Bertz CT molecular complexity index is 282. The highest BCUT2D eigenvalue weighted by Gasteiger charge is 2.31. The Balaban J connectivity index is 4.57. The number of sulfone groups is 1. The highest BCUT2D eigenvalue weighted by atomic mass is 32.2. The van der Waals surface area contributed by atoms with Crippen LogP contribution < -0.4 is 0 Å². The quantitative estimate of drug-likeness (QED) is 0.629. The molecule has 0 fully saturated rings. The summed E-state index contributed by atoms with van der Waals surface area (Å²) in [5.41, 5.74) is 0. The second-order valence-corrected chi connectivity index (χ2v) is 5.67. The lowest BCUT2D eigenvalue weighted by molar-refractivity contribution is -0.142. The van der Waals surface area contributed by atoms with Crippen LogP contribution in [0.1, 0.15) is 40.0 Å². The number of hydrogen-bond acceptors (Lipinski definition) is 4. The maximum Gasteiger partial charge on any atom is 0.324 e. The number of carbonyl (C=O) groups is 1. The fourth-order valence-electron chi connectivity index (χ4n) is 1.29. The van der Waals surface area contributed by atoms with Gasteiger partial charge in [0, 0.05) is 0 Å². The molecule has 4 nitrogen and oxygen atoms in total. The highest BCUT2D eigenvalue weighted by Crippen LogP contribution is 2.11. The molecule has 0 rings (SSSR count). The highest BCUT2D eigenvalue weighted by molar-refractivity contribution is 7.92. The molecule has 0 aromatic carbocycles. The van der Waals surface area contributed by atoms with Gasteiger partial charge in [0.05, 0.1) is 12.4 Å². The van der Waals surface area contributed by atoms with Crippen molar-refractivity contribution in [3.05, 3.63) is 0 Å². The third-order valence-electron chi connectivity index (χ3n) is 2.14. The van der Waals surface area contributed by atoms with E-state index in [0.29, 0.717) is 6.42 Å². The zero-order valence-corrected chi connectivity index (χ0v) is 10.5. The van der Waals surface area contributed by atoms with Crippen molar-refractivity contribution in [1.82, 2.24) is 0 Å². The molecule has 0 radical (unpaired) electrons. The van der Waals surface area contributed by atoms with Gasteiger partial charge in [0.1, 0.15) is 0 Å². The molecule has 0 aliphatic carbocycles. The van der Waals surface area contributed by atoms with E-state index in [1.807, 2.05) is 6.92 Å². The summed E-state index contributed by atoms with van der Waals surface area (Å²) < 4.78 is 28.2. The number of hydrogen-bond donors (Lipinski definition) is 0. The van der Waals surface area contributed by atoms with Crippen molar-refractivity contribution in [1.29, 1.82) is 0 Å². The van der Waals surface area contributed by atoms with Gasteiger partial charge in [0.2, 0.25) is 0 Å². The molecule has 0 N–H and O–H groups in total. The zero-order valence-electron chi connectivity index (χ0n) is 9.65. The Labute approximate surface area is 91.9 Å². The normalized spacial score (nSPS) is 13.5. The van der Waals surface area contributed by atoms with Gasteiger partial charge < -0.3 is 4.74 Å². The molecule has 5 heteroatoms. The summed E-state index contributed by atoms with van der Waals surface area (Å²) in [7, 11) is -3.33. The first-order valence-corrected chi connectivity index (χ1v) is 7.09. The van der Waals surface area contributed by atoms with Gasteiger partial charge in [-0.3, -0.25) is 4.79 Å². The molecular weight excluding hydrogens is 216 g/mol. The first-order chi connectivity index (χ1) is 6.99. The lowest BCUT2D eigenvalue weighted by Crippen LogP contribution is -2.33. The monoisotopic (exact) mass is 236 g/mol. The van der Waals surface area contributed by atoms with Crippen molar-refractivity contribution in [2.24, 2.45) is 0 Å². The Morgan fingerprint density at radius 2 is 1.87 bits per heavy atom. The molecule has 0 saturated heterocycles. The van der Waals surface area contributed by atoms with Crippen molar-refractivity contribution in [2.45, 2.75) is 45.3 Å². The summed E-state index contributed by atoms with van der Waals surface area (Å²) in [6.45, 7) is 5.49. The van der Waals surface area contributed by atoms with Crippen molar-refractivity contribution in [2.75, 3.05) is 12.4 Å². The standard InChI is InChI=1S/C10H20O4S/c1-4-7-8-15(12,13)9(5-2)10(11)14-6-3/h9H,4-8H2,1-3H3. The predicted octanol–water partition coefficient (Wildman–Crippen LogP) is 1.54. The van der Waals surface area contributed by atoms with Crippen LogP contribution in [0.4, 0.5) is 0 Å². The van der Waals surface area contributed by atoms with E-state index in [9.17, 15) is 13.2 Å². The lowest BCUT2D eigenvalue weighted by Gasteiger charge is -2.13. The van der Waals surface area contributed by atoms with Crippen LogP contribution >= 0.6 is 0 Å². The fraction of sp³-hybridized carbons (Fsp3) is 0.900. The second kappa shape index (κ2) is 6.82. The third kappa shape index (κ3) is 4.64. The van der Waals surface area contributed by atoms with Crippen LogP contribution in [0.3, 0.4) is 0 Å². The first kappa shape index (κ1) is 14.4. The van der Waals surface area contributed by atoms with Gasteiger partial charge in [0.15, 0.2) is 15.1 Å². The van der Waals surface area contributed by atoms with E-state index in [4.69, 9.17) is 4.74 Å². The summed E-state index contributed by atoms with van der Waals surface area (Å²) in [5, 5.41) is -0.982. The van der Waals surface area contributed by atoms with Crippen molar-refractivity contribution >= 4 is 15.8 Å². The minimum Gasteiger partial charge on any atom is -0.465 e. The Kier molecular flexibility index (Phi) is 6.56. The zero-order chi connectivity index (χ0) is 11.9. The van der Waals surface area contributed by atoms with Crippen LogP contribution in [0.15, 0.2) is 0 Å². The molecule has 1 atom stereocenters. The first-order valence-electron chi connectivity index (χ1n) is 5.37. The average molecular weight is 236 g/mol. The second-order valence-electron chi connectivity index (χ2n) is 3.37. The topological polar surface area (TPSA) is 60.4 Å². The fourth-order valence-corrected chi connectivity index (χ4v) is 3.13. The molecule has 0 heterocycles. The summed E-state index contributed by atoms with van der Waals surface area (Å²) >= 11 is 0. The SMILES string of the molecule is CCCCS(=O)(=O)C(CC)C(=O)OCC. The maximum absolute atomic E-state index is 11.7. The molecule has 0 bridgehead atoms. The largest absolute Gasteiger partial charge is 0.465 e. The molecule has 90 valence electrons. The summed E-state index contributed by atoms with van der Waals surface area (Å²) in [4.78, 5) is 11.4. The van der Waals surface area contributed by atoms with Gasteiger partial charge in [-0.1, -0.05) is 20.3 Å². The summed E-state index contributed by atoms with van der Waals surface area (Å²) in [6, 6.07) is 0. The number of ether oxygens (including phenoxy) is 1.